The van der Waals surface area contributed by atoms with E-state index in [4.69, 9.17) is 0 Å². The van der Waals surface area contributed by atoms with E-state index in [1.165, 1.54) is 0 Å². The van der Waals surface area contributed by atoms with Crippen molar-refractivity contribution in [3.63, 3.8) is 0 Å². The van der Waals surface area contributed by atoms with Crippen LogP contribution in [0.1, 0.15) is 18.9 Å². The molecule has 1 fully saturated rings. The summed E-state index contributed by atoms with van der Waals surface area (Å²) in [5.41, 5.74) is -1.35. The van der Waals surface area contributed by atoms with Crippen molar-refractivity contribution in [3.8, 4) is 0 Å². The third-order valence-electron chi connectivity index (χ3n) is 4.58. The number of hydrogen-bond acceptors (Lipinski definition) is 3. The van der Waals surface area contributed by atoms with Gasteiger partial charge in [0, 0.05) is 0 Å². The molecule has 2 aromatic rings. The number of carbonyl (C=O) groups excluding carboxylic acids is 3. The highest BCUT2D eigenvalue weighted by Crippen LogP contribution is 2.32. The Balaban J connectivity index is 1.79. The summed E-state index contributed by atoms with van der Waals surface area (Å²) in [6.45, 7) is 1.00. The summed E-state index contributed by atoms with van der Waals surface area (Å²) >= 11 is 0. The summed E-state index contributed by atoms with van der Waals surface area (Å²) in [5, 5.41) is 4.64. The monoisotopic (exact) mass is 391 g/mol. The van der Waals surface area contributed by atoms with Crippen LogP contribution in [0.5, 0.6) is 0 Å². The van der Waals surface area contributed by atoms with Crippen molar-refractivity contribution in [3.05, 3.63) is 65.5 Å². The number of carbonyl (C=O) groups is 3. The Hall–Kier alpha value is -3.36. The van der Waals surface area contributed by atoms with Gasteiger partial charge in [-0.25, -0.2) is 18.0 Å². The Bertz CT molecular complexity index is 952. The molecule has 0 spiro atoms. The summed E-state index contributed by atoms with van der Waals surface area (Å²) in [5.74, 6) is -6.28. The van der Waals surface area contributed by atoms with Gasteiger partial charge in [0.25, 0.3) is 5.91 Å². The molecule has 1 aliphatic heterocycles. The Kier molecular flexibility index (Phi) is 5.08. The van der Waals surface area contributed by atoms with Crippen LogP contribution in [0.15, 0.2) is 42.5 Å². The Morgan fingerprint density at radius 3 is 2.39 bits per heavy atom. The highest BCUT2D eigenvalue weighted by molar-refractivity contribution is 6.10. The van der Waals surface area contributed by atoms with Gasteiger partial charge in [0.15, 0.2) is 17.5 Å². The van der Waals surface area contributed by atoms with E-state index in [1.807, 2.05) is 5.32 Å². The lowest BCUT2D eigenvalue weighted by atomic mass is 9.87. The van der Waals surface area contributed by atoms with Crippen LogP contribution >= 0.6 is 0 Å². The third-order valence-corrected chi connectivity index (χ3v) is 4.58. The molecule has 0 aromatic heterocycles. The summed E-state index contributed by atoms with van der Waals surface area (Å²) in [4.78, 5) is 38.1. The number of nitrogens with one attached hydrogen (secondary N) is 2. The molecule has 0 aliphatic carbocycles. The number of benzene rings is 2. The van der Waals surface area contributed by atoms with E-state index in [9.17, 15) is 27.6 Å². The Morgan fingerprint density at radius 1 is 1.07 bits per heavy atom. The number of hydrogen-bond donors (Lipinski definition) is 2. The van der Waals surface area contributed by atoms with Crippen LogP contribution in [0.25, 0.3) is 0 Å². The lowest BCUT2D eigenvalue weighted by Crippen LogP contribution is -2.44. The van der Waals surface area contributed by atoms with E-state index < -0.39 is 53.1 Å². The van der Waals surface area contributed by atoms with Crippen LogP contribution in [-0.2, 0) is 15.1 Å². The van der Waals surface area contributed by atoms with Crippen LogP contribution in [0.4, 0.5) is 23.7 Å². The first-order valence-corrected chi connectivity index (χ1v) is 8.43. The average molecular weight is 391 g/mol. The number of urea groups is 1. The van der Waals surface area contributed by atoms with Crippen molar-refractivity contribution in [1.29, 1.82) is 0 Å². The number of halogens is 3. The van der Waals surface area contributed by atoms with Gasteiger partial charge in [-0.1, -0.05) is 37.3 Å². The quantitative estimate of drug-likeness (QED) is 0.608. The molecule has 1 atom stereocenters. The maximum Gasteiger partial charge on any atom is 0.325 e. The first-order valence-electron chi connectivity index (χ1n) is 8.43. The topological polar surface area (TPSA) is 78.5 Å². The molecule has 9 heteroatoms. The number of amides is 4. The second-order valence-corrected chi connectivity index (χ2v) is 6.22. The normalized spacial score (nSPS) is 18.9. The van der Waals surface area contributed by atoms with E-state index in [-0.39, 0.29) is 6.42 Å². The van der Waals surface area contributed by atoms with Crippen molar-refractivity contribution in [2.24, 2.45) is 0 Å². The molecule has 146 valence electrons. The number of anilines is 1. The minimum absolute atomic E-state index is 0.248. The van der Waals surface area contributed by atoms with E-state index in [2.05, 4.69) is 5.32 Å². The predicted octanol–water partition coefficient (Wildman–Crippen LogP) is 2.90. The van der Waals surface area contributed by atoms with Gasteiger partial charge in [-0.05, 0) is 24.1 Å². The first-order chi connectivity index (χ1) is 13.3. The fourth-order valence-electron chi connectivity index (χ4n) is 3.09. The van der Waals surface area contributed by atoms with Crippen LogP contribution in [0.3, 0.4) is 0 Å². The number of nitrogens with zero attached hydrogens (tertiary/aromatic N) is 1. The molecule has 0 radical (unpaired) electrons. The molecule has 1 saturated heterocycles. The van der Waals surface area contributed by atoms with Gasteiger partial charge in [-0.15, -0.1) is 0 Å². The second-order valence-electron chi connectivity index (χ2n) is 6.22. The summed E-state index contributed by atoms with van der Waals surface area (Å²) in [6.07, 6.45) is 0.248. The molecule has 4 amide bonds. The highest BCUT2D eigenvalue weighted by Gasteiger charge is 2.51. The zero-order chi connectivity index (χ0) is 20.5. The molecule has 0 unspecified atom stereocenters. The van der Waals surface area contributed by atoms with Gasteiger partial charge in [-0.3, -0.25) is 14.5 Å². The SMILES string of the molecule is CC[C@]1(c2ccccc2)NC(=O)N(CC(=O)Nc2ccc(F)c(F)c2F)C1=O. The van der Waals surface area contributed by atoms with Gasteiger partial charge >= 0.3 is 6.03 Å². The largest absolute Gasteiger partial charge is 0.325 e. The van der Waals surface area contributed by atoms with Crippen LogP contribution in [0.2, 0.25) is 0 Å². The van der Waals surface area contributed by atoms with Crippen molar-refractivity contribution in [2.75, 3.05) is 11.9 Å². The minimum atomic E-state index is -1.73. The highest BCUT2D eigenvalue weighted by atomic mass is 19.2. The zero-order valence-electron chi connectivity index (χ0n) is 14.8. The van der Waals surface area contributed by atoms with Gasteiger partial charge in [0.1, 0.15) is 12.1 Å². The van der Waals surface area contributed by atoms with Crippen molar-refractivity contribution in [1.82, 2.24) is 10.2 Å². The lowest BCUT2D eigenvalue weighted by Gasteiger charge is -2.25. The number of imide groups is 1. The van der Waals surface area contributed by atoms with Crippen molar-refractivity contribution < 1.29 is 27.6 Å². The maximum absolute atomic E-state index is 13.7. The van der Waals surface area contributed by atoms with Gasteiger partial charge in [0.05, 0.1) is 5.69 Å². The first kappa shape index (κ1) is 19.4. The molecule has 28 heavy (non-hydrogen) atoms. The molecule has 1 aliphatic rings. The van der Waals surface area contributed by atoms with Crippen LogP contribution in [-0.4, -0.2) is 29.3 Å². The Morgan fingerprint density at radius 2 is 1.75 bits per heavy atom. The fourth-order valence-corrected chi connectivity index (χ4v) is 3.09. The van der Waals surface area contributed by atoms with Gasteiger partial charge in [0.2, 0.25) is 5.91 Å². The van der Waals surface area contributed by atoms with Crippen LogP contribution in [0, 0.1) is 17.5 Å². The van der Waals surface area contributed by atoms with E-state index >= 15 is 0 Å². The van der Waals surface area contributed by atoms with Gasteiger partial charge < -0.3 is 10.6 Å². The van der Waals surface area contributed by atoms with E-state index in [0.717, 1.165) is 6.07 Å². The number of rotatable bonds is 5. The third kappa shape index (κ3) is 3.19. The minimum Gasteiger partial charge on any atom is -0.322 e. The van der Waals surface area contributed by atoms with Gasteiger partial charge in [-0.2, -0.15) is 0 Å². The average Bonchev–Trinajstić information content (AvgIpc) is 2.94. The maximum atomic E-state index is 13.7. The molecule has 2 aromatic carbocycles. The molecule has 0 saturated carbocycles. The molecule has 0 bridgehead atoms. The van der Waals surface area contributed by atoms with E-state index in [0.29, 0.717) is 16.5 Å². The molecular formula is C19H16F3N3O3. The zero-order valence-corrected chi connectivity index (χ0v) is 14.8. The standard InChI is InChI=1S/C19H16F3N3O3/c1-2-19(11-6-4-3-5-7-11)17(27)25(18(28)24-19)10-14(26)23-13-9-8-12(20)15(21)16(13)22/h3-9H,2,10H2,1H3,(H,23,26)(H,24,28)/t19-/m1/s1. The summed E-state index contributed by atoms with van der Waals surface area (Å²) in [6, 6.07) is 9.27. The second kappa shape index (κ2) is 7.34. The molecule has 2 N–H and O–H groups in total. The molecule has 1 heterocycles. The van der Waals surface area contributed by atoms with Crippen LogP contribution < -0.4 is 10.6 Å². The van der Waals surface area contributed by atoms with Crippen molar-refractivity contribution >= 4 is 23.5 Å². The molecule has 3 rings (SSSR count). The van der Waals surface area contributed by atoms with Crippen molar-refractivity contribution in [2.45, 2.75) is 18.9 Å². The molecule has 6 nitrogen and oxygen atoms in total. The lowest BCUT2D eigenvalue weighted by molar-refractivity contribution is -0.134. The summed E-state index contributed by atoms with van der Waals surface area (Å²) in [7, 11) is 0. The smallest absolute Gasteiger partial charge is 0.322 e. The van der Waals surface area contributed by atoms with E-state index in [1.54, 1.807) is 37.3 Å². The Labute approximate surface area is 158 Å². The fraction of sp³-hybridized carbons (Fsp3) is 0.211. The molecular weight excluding hydrogens is 375 g/mol. The predicted molar refractivity (Wildman–Crippen MR) is 93.6 cm³/mol. The summed E-state index contributed by atoms with van der Waals surface area (Å²) < 4.78 is 40.0.